The maximum atomic E-state index is 11.8. The third kappa shape index (κ3) is 4.78. The topological polar surface area (TPSA) is 38.3 Å². The Morgan fingerprint density at radius 2 is 2.22 bits per heavy atom. The summed E-state index contributed by atoms with van der Waals surface area (Å²) in [6.07, 6.45) is 2.73. The lowest BCUT2D eigenvalue weighted by Gasteiger charge is -2.18. The van der Waals surface area contributed by atoms with Crippen LogP contribution in [0.15, 0.2) is 24.3 Å². The highest BCUT2D eigenvalue weighted by Gasteiger charge is 2.19. The number of carbonyl (C=O) groups is 1. The molecule has 0 aromatic heterocycles. The van der Waals surface area contributed by atoms with Crippen molar-refractivity contribution in [2.75, 3.05) is 23.9 Å². The Balaban J connectivity index is 2.71. The number of esters is 1. The fourth-order valence-electron chi connectivity index (χ4n) is 1.49. The van der Waals surface area contributed by atoms with Crippen LogP contribution in [-0.4, -0.2) is 30.6 Å². The van der Waals surface area contributed by atoms with E-state index in [1.54, 1.807) is 24.8 Å². The van der Waals surface area contributed by atoms with E-state index in [1.165, 1.54) is 0 Å². The minimum Gasteiger partial charge on any atom is -0.464 e. The van der Waals surface area contributed by atoms with Gasteiger partial charge in [-0.3, -0.25) is 0 Å². The van der Waals surface area contributed by atoms with E-state index < -0.39 is 0 Å². The molecule has 0 aliphatic carbocycles. The number of halogens is 1. The fourth-order valence-corrected chi connectivity index (χ4v) is 2.16. The van der Waals surface area contributed by atoms with Crippen LogP contribution in [0.1, 0.15) is 13.3 Å². The van der Waals surface area contributed by atoms with Crippen molar-refractivity contribution in [1.82, 2.24) is 0 Å². The maximum Gasteiger partial charge on any atom is 0.328 e. The Morgan fingerprint density at radius 3 is 2.83 bits per heavy atom. The summed E-state index contributed by atoms with van der Waals surface area (Å²) in [6, 6.07) is 7.03. The van der Waals surface area contributed by atoms with E-state index in [-0.39, 0.29) is 12.0 Å². The Morgan fingerprint density at radius 1 is 1.50 bits per heavy atom. The highest BCUT2D eigenvalue weighted by atomic mass is 35.5. The quantitative estimate of drug-likeness (QED) is 0.780. The van der Waals surface area contributed by atoms with Crippen molar-refractivity contribution in [2.45, 2.75) is 19.4 Å². The van der Waals surface area contributed by atoms with E-state index in [0.29, 0.717) is 18.1 Å². The molecular weight excluding hydrogens is 270 g/mol. The van der Waals surface area contributed by atoms with Crippen LogP contribution in [0.3, 0.4) is 0 Å². The smallest absolute Gasteiger partial charge is 0.328 e. The molecule has 0 aliphatic heterocycles. The van der Waals surface area contributed by atoms with Crippen LogP contribution in [-0.2, 0) is 9.53 Å². The molecule has 0 spiro atoms. The summed E-state index contributed by atoms with van der Waals surface area (Å²) in [5.41, 5.74) is 0.762. The number of hydrogen-bond donors (Lipinski definition) is 1. The van der Waals surface area contributed by atoms with Crippen molar-refractivity contribution >= 4 is 35.0 Å². The maximum absolute atomic E-state index is 11.8. The SMILES string of the molecule is CCOC(=O)C(CCSC)Nc1ccccc1Cl. The van der Waals surface area contributed by atoms with Crippen LogP contribution in [0.2, 0.25) is 5.02 Å². The van der Waals surface area contributed by atoms with Crippen molar-refractivity contribution in [2.24, 2.45) is 0 Å². The minimum absolute atomic E-state index is 0.230. The summed E-state index contributed by atoms with van der Waals surface area (Å²) in [7, 11) is 0. The number of anilines is 1. The second-order valence-electron chi connectivity index (χ2n) is 3.71. The second kappa shape index (κ2) is 8.27. The van der Waals surface area contributed by atoms with E-state index in [4.69, 9.17) is 16.3 Å². The summed E-state index contributed by atoms with van der Waals surface area (Å²) in [4.78, 5) is 11.8. The van der Waals surface area contributed by atoms with Gasteiger partial charge in [-0.05, 0) is 37.5 Å². The zero-order valence-corrected chi connectivity index (χ0v) is 12.2. The molecule has 1 rings (SSSR count). The van der Waals surface area contributed by atoms with Gasteiger partial charge in [0.1, 0.15) is 6.04 Å². The summed E-state index contributed by atoms with van der Waals surface area (Å²) in [5.74, 6) is 0.660. The molecule has 0 saturated carbocycles. The van der Waals surface area contributed by atoms with E-state index in [0.717, 1.165) is 11.4 Å². The molecular formula is C13H18ClNO2S. The van der Waals surface area contributed by atoms with E-state index in [1.807, 2.05) is 24.5 Å². The minimum atomic E-state index is -0.350. The summed E-state index contributed by atoms with van der Waals surface area (Å²) in [5, 5.41) is 3.75. The van der Waals surface area contributed by atoms with Crippen LogP contribution in [0.25, 0.3) is 0 Å². The van der Waals surface area contributed by atoms with Crippen molar-refractivity contribution in [1.29, 1.82) is 0 Å². The summed E-state index contributed by atoms with van der Waals surface area (Å²) >= 11 is 7.76. The zero-order valence-electron chi connectivity index (χ0n) is 10.6. The van der Waals surface area contributed by atoms with Crippen molar-refractivity contribution in [3.63, 3.8) is 0 Å². The average molecular weight is 288 g/mol. The normalized spacial score (nSPS) is 11.9. The average Bonchev–Trinajstić information content (AvgIpc) is 2.36. The molecule has 1 N–H and O–H groups in total. The van der Waals surface area contributed by atoms with Crippen LogP contribution >= 0.6 is 23.4 Å². The molecule has 1 atom stereocenters. The van der Waals surface area contributed by atoms with Gasteiger partial charge in [-0.25, -0.2) is 4.79 Å². The number of carbonyl (C=O) groups excluding carboxylic acids is 1. The predicted octanol–water partition coefficient (Wildman–Crippen LogP) is 3.44. The number of rotatable bonds is 7. The molecule has 0 radical (unpaired) electrons. The van der Waals surface area contributed by atoms with E-state index >= 15 is 0 Å². The molecule has 5 heteroatoms. The van der Waals surface area contributed by atoms with Crippen LogP contribution in [0.5, 0.6) is 0 Å². The summed E-state index contributed by atoms with van der Waals surface area (Å²) < 4.78 is 5.06. The van der Waals surface area contributed by atoms with Crippen LogP contribution in [0.4, 0.5) is 5.69 Å². The van der Waals surface area contributed by atoms with Gasteiger partial charge >= 0.3 is 5.97 Å². The largest absolute Gasteiger partial charge is 0.464 e. The van der Waals surface area contributed by atoms with Crippen molar-refractivity contribution in [3.05, 3.63) is 29.3 Å². The number of nitrogens with one attached hydrogen (secondary N) is 1. The molecule has 0 aliphatic rings. The molecule has 100 valence electrons. The predicted molar refractivity (Wildman–Crippen MR) is 78.5 cm³/mol. The first-order valence-corrected chi connectivity index (χ1v) is 7.62. The Hall–Kier alpha value is -0.870. The second-order valence-corrected chi connectivity index (χ2v) is 5.10. The monoisotopic (exact) mass is 287 g/mol. The lowest BCUT2D eigenvalue weighted by molar-refractivity contribution is -0.144. The van der Waals surface area contributed by atoms with Crippen molar-refractivity contribution < 1.29 is 9.53 Å². The number of thioether (sulfide) groups is 1. The third-order valence-corrected chi connectivity index (χ3v) is 3.36. The van der Waals surface area contributed by atoms with Gasteiger partial charge in [-0.1, -0.05) is 23.7 Å². The van der Waals surface area contributed by atoms with Crippen LogP contribution in [0, 0.1) is 0 Å². The van der Waals surface area contributed by atoms with Crippen molar-refractivity contribution in [3.8, 4) is 0 Å². The Kier molecular flexibility index (Phi) is 6.98. The number of hydrogen-bond acceptors (Lipinski definition) is 4. The first-order chi connectivity index (χ1) is 8.69. The highest BCUT2D eigenvalue weighted by Crippen LogP contribution is 2.22. The molecule has 0 heterocycles. The molecule has 1 unspecified atom stereocenters. The lowest BCUT2D eigenvalue weighted by atomic mass is 10.2. The molecule has 1 aromatic rings. The Bertz CT molecular complexity index is 387. The first-order valence-electron chi connectivity index (χ1n) is 5.85. The number of para-hydroxylation sites is 1. The van der Waals surface area contributed by atoms with E-state index in [9.17, 15) is 4.79 Å². The van der Waals surface area contributed by atoms with Gasteiger partial charge < -0.3 is 10.1 Å². The molecule has 0 bridgehead atoms. The molecule has 3 nitrogen and oxygen atoms in total. The molecule has 0 fully saturated rings. The molecule has 18 heavy (non-hydrogen) atoms. The van der Waals surface area contributed by atoms with Gasteiger partial charge in [0.2, 0.25) is 0 Å². The molecule has 0 amide bonds. The van der Waals surface area contributed by atoms with Gasteiger partial charge in [0.15, 0.2) is 0 Å². The summed E-state index contributed by atoms with van der Waals surface area (Å²) in [6.45, 7) is 2.19. The molecule has 1 aromatic carbocycles. The standard InChI is InChI=1S/C13H18ClNO2S/c1-3-17-13(16)12(8-9-18-2)15-11-7-5-4-6-10(11)14/h4-7,12,15H,3,8-9H2,1-2H3. The fraction of sp³-hybridized carbons (Fsp3) is 0.462. The lowest BCUT2D eigenvalue weighted by Crippen LogP contribution is -2.32. The third-order valence-electron chi connectivity index (χ3n) is 2.39. The zero-order chi connectivity index (χ0) is 13.4. The van der Waals surface area contributed by atoms with Gasteiger partial charge in [0.05, 0.1) is 17.3 Å². The van der Waals surface area contributed by atoms with Gasteiger partial charge in [0, 0.05) is 0 Å². The Labute approximate surface area is 117 Å². The van der Waals surface area contributed by atoms with Crippen LogP contribution < -0.4 is 5.32 Å². The van der Waals surface area contributed by atoms with Gasteiger partial charge in [0.25, 0.3) is 0 Å². The first kappa shape index (κ1) is 15.2. The highest BCUT2D eigenvalue weighted by molar-refractivity contribution is 7.98. The van der Waals surface area contributed by atoms with Gasteiger partial charge in [-0.15, -0.1) is 0 Å². The number of ether oxygens (including phenoxy) is 1. The van der Waals surface area contributed by atoms with E-state index in [2.05, 4.69) is 5.32 Å². The van der Waals surface area contributed by atoms with Gasteiger partial charge in [-0.2, -0.15) is 11.8 Å². The number of benzene rings is 1. The molecule has 0 saturated heterocycles.